The van der Waals surface area contributed by atoms with Gasteiger partial charge in [-0.2, -0.15) is 0 Å². The Labute approximate surface area is 175 Å². The molecule has 158 valence electrons. The topological polar surface area (TPSA) is 93.7 Å². The van der Waals surface area contributed by atoms with Crippen LogP contribution in [0.3, 0.4) is 0 Å². The third-order valence-corrected chi connectivity index (χ3v) is 5.01. The summed E-state index contributed by atoms with van der Waals surface area (Å²) in [5.41, 5.74) is 1.54. The molecule has 2 N–H and O–H groups in total. The number of hydrogen-bond donors (Lipinski definition) is 2. The second-order valence-corrected chi connectivity index (χ2v) is 7.23. The van der Waals surface area contributed by atoms with E-state index in [1.807, 2.05) is 0 Å². The first-order valence-electron chi connectivity index (χ1n) is 10.0. The Morgan fingerprint density at radius 1 is 1.00 bits per heavy atom. The number of benzene rings is 2. The van der Waals surface area contributed by atoms with Gasteiger partial charge in [-0.25, -0.2) is 0 Å². The molecule has 0 heterocycles. The highest BCUT2D eigenvalue weighted by molar-refractivity contribution is 6.04. The first kappa shape index (κ1) is 21.4. The molecule has 2 aromatic carbocycles. The maximum absolute atomic E-state index is 12.6. The van der Waals surface area contributed by atoms with Crippen molar-refractivity contribution in [2.45, 2.75) is 38.1 Å². The van der Waals surface area contributed by atoms with E-state index in [1.54, 1.807) is 55.6 Å². The predicted octanol–water partition coefficient (Wildman–Crippen LogP) is 3.09. The van der Waals surface area contributed by atoms with Crippen molar-refractivity contribution in [2.24, 2.45) is 0 Å². The van der Waals surface area contributed by atoms with E-state index >= 15 is 0 Å². The zero-order valence-electron chi connectivity index (χ0n) is 17.0. The molecule has 0 saturated heterocycles. The Morgan fingerprint density at radius 2 is 1.70 bits per heavy atom. The van der Waals surface area contributed by atoms with E-state index in [9.17, 15) is 14.4 Å². The molecule has 0 aliphatic heterocycles. The van der Waals surface area contributed by atoms with Crippen LogP contribution in [0.25, 0.3) is 0 Å². The minimum absolute atomic E-state index is 0.0532. The first-order chi connectivity index (χ1) is 14.5. The molecule has 0 bridgehead atoms. The van der Waals surface area contributed by atoms with Crippen molar-refractivity contribution in [3.05, 3.63) is 59.7 Å². The zero-order valence-corrected chi connectivity index (χ0v) is 17.0. The SMILES string of the molecule is COc1ccc(CC(=O)OCC(=O)Nc2ccccc2C(=O)NC2CCCC2)cc1. The summed E-state index contributed by atoms with van der Waals surface area (Å²) in [5.74, 6) is -0.529. The summed E-state index contributed by atoms with van der Waals surface area (Å²) >= 11 is 0. The summed E-state index contributed by atoms with van der Waals surface area (Å²) in [6.07, 6.45) is 4.24. The highest BCUT2D eigenvalue weighted by Gasteiger charge is 2.20. The fourth-order valence-electron chi connectivity index (χ4n) is 3.42. The Morgan fingerprint density at radius 3 is 2.40 bits per heavy atom. The molecular formula is C23H26N2O5. The van der Waals surface area contributed by atoms with Crippen molar-refractivity contribution in [3.63, 3.8) is 0 Å². The van der Waals surface area contributed by atoms with Gasteiger partial charge in [0.2, 0.25) is 0 Å². The van der Waals surface area contributed by atoms with Crippen molar-refractivity contribution < 1.29 is 23.9 Å². The van der Waals surface area contributed by atoms with Crippen LogP contribution in [0.5, 0.6) is 5.75 Å². The third-order valence-electron chi connectivity index (χ3n) is 5.01. The van der Waals surface area contributed by atoms with Gasteiger partial charge < -0.3 is 20.1 Å². The molecule has 7 nitrogen and oxygen atoms in total. The summed E-state index contributed by atoms with van der Waals surface area (Å²) in [7, 11) is 1.57. The van der Waals surface area contributed by atoms with Gasteiger partial charge in [-0.3, -0.25) is 14.4 Å². The molecule has 1 aliphatic carbocycles. The van der Waals surface area contributed by atoms with E-state index in [-0.39, 0.29) is 18.4 Å². The summed E-state index contributed by atoms with van der Waals surface area (Å²) in [6.45, 7) is -0.423. The Balaban J connectivity index is 1.50. The molecule has 1 saturated carbocycles. The fraction of sp³-hybridized carbons (Fsp3) is 0.348. The maximum Gasteiger partial charge on any atom is 0.310 e. The number of esters is 1. The molecule has 0 aromatic heterocycles. The molecule has 0 spiro atoms. The summed E-state index contributed by atoms with van der Waals surface area (Å²) in [6, 6.07) is 14.0. The Hall–Kier alpha value is -3.35. The van der Waals surface area contributed by atoms with Gasteiger partial charge in [0.1, 0.15) is 5.75 Å². The van der Waals surface area contributed by atoms with Crippen LogP contribution in [0.15, 0.2) is 48.5 Å². The van der Waals surface area contributed by atoms with Gasteiger partial charge in [0.05, 0.1) is 24.8 Å². The van der Waals surface area contributed by atoms with Crippen molar-refractivity contribution in [2.75, 3.05) is 19.0 Å². The number of nitrogens with one attached hydrogen (secondary N) is 2. The second kappa shape index (κ2) is 10.4. The quantitative estimate of drug-likeness (QED) is 0.653. The lowest BCUT2D eigenvalue weighted by Gasteiger charge is -2.15. The van der Waals surface area contributed by atoms with Gasteiger partial charge >= 0.3 is 5.97 Å². The van der Waals surface area contributed by atoms with E-state index in [4.69, 9.17) is 9.47 Å². The average molecular weight is 410 g/mol. The number of carbonyl (C=O) groups is 3. The van der Waals surface area contributed by atoms with Crippen LogP contribution < -0.4 is 15.4 Å². The third kappa shape index (κ3) is 6.07. The van der Waals surface area contributed by atoms with Crippen molar-refractivity contribution in [3.8, 4) is 5.75 Å². The number of hydrogen-bond acceptors (Lipinski definition) is 5. The van der Waals surface area contributed by atoms with Crippen LogP contribution in [-0.4, -0.2) is 37.5 Å². The number of amides is 2. The number of anilines is 1. The summed E-state index contributed by atoms with van der Waals surface area (Å²) in [5, 5.41) is 5.67. The van der Waals surface area contributed by atoms with Gasteiger partial charge in [-0.15, -0.1) is 0 Å². The van der Waals surface area contributed by atoms with Crippen LogP contribution in [0.2, 0.25) is 0 Å². The van der Waals surface area contributed by atoms with Gasteiger partial charge in [-0.05, 0) is 42.7 Å². The number of para-hydroxylation sites is 1. The lowest BCUT2D eigenvalue weighted by molar-refractivity contribution is -0.146. The average Bonchev–Trinajstić information content (AvgIpc) is 3.26. The van der Waals surface area contributed by atoms with E-state index in [0.717, 1.165) is 31.2 Å². The molecule has 2 aromatic rings. The summed E-state index contributed by atoms with van der Waals surface area (Å²) in [4.78, 5) is 36.8. The van der Waals surface area contributed by atoms with Crippen LogP contribution in [0.1, 0.15) is 41.6 Å². The molecule has 2 amide bonds. The van der Waals surface area contributed by atoms with Crippen LogP contribution in [0.4, 0.5) is 5.69 Å². The number of ether oxygens (including phenoxy) is 2. The molecule has 1 fully saturated rings. The standard InChI is InChI=1S/C23H26N2O5/c1-29-18-12-10-16(11-13-18)14-22(27)30-15-21(26)25-20-9-5-4-8-19(20)23(28)24-17-6-2-3-7-17/h4-5,8-13,17H,2-3,6-7,14-15H2,1H3,(H,24,28)(H,25,26). The largest absolute Gasteiger partial charge is 0.497 e. The lowest BCUT2D eigenvalue weighted by atomic mass is 10.1. The van der Waals surface area contributed by atoms with Gasteiger partial charge in [0, 0.05) is 6.04 Å². The van der Waals surface area contributed by atoms with Crippen LogP contribution >= 0.6 is 0 Å². The molecular weight excluding hydrogens is 384 g/mol. The normalized spacial score (nSPS) is 13.5. The van der Waals surface area contributed by atoms with E-state index in [1.165, 1.54) is 0 Å². The Bertz CT molecular complexity index is 889. The maximum atomic E-state index is 12.6. The van der Waals surface area contributed by atoms with Crippen molar-refractivity contribution in [1.82, 2.24) is 5.32 Å². The molecule has 30 heavy (non-hydrogen) atoms. The highest BCUT2D eigenvalue weighted by atomic mass is 16.5. The van der Waals surface area contributed by atoms with Crippen molar-refractivity contribution in [1.29, 1.82) is 0 Å². The molecule has 0 unspecified atom stereocenters. The zero-order chi connectivity index (χ0) is 21.3. The van der Waals surface area contributed by atoms with Crippen molar-refractivity contribution >= 4 is 23.5 Å². The number of methoxy groups -OCH3 is 1. The lowest BCUT2D eigenvalue weighted by Crippen LogP contribution is -2.33. The van der Waals surface area contributed by atoms with Gasteiger partial charge in [0.15, 0.2) is 6.61 Å². The Kier molecular flexibility index (Phi) is 7.43. The van der Waals surface area contributed by atoms with E-state index in [2.05, 4.69) is 10.6 Å². The highest BCUT2D eigenvalue weighted by Crippen LogP contribution is 2.20. The predicted molar refractivity (Wildman–Crippen MR) is 112 cm³/mol. The van der Waals surface area contributed by atoms with Gasteiger partial charge in [0.25, 0.3) is 11.8 Å². The second-order valence-electron chi connectivity index (χ2n) is 7.23. The molecule has 7 heteroatoms. The fourth-order valence-corrected chi connectivity index (χ4v) is 3.42. The summed E-state index contributed by atoms with van der Waals surface area (Å²) < 4.78 is 10.1. The minimum atomic E-state index is -0.512. The molecule has 1 aliphatic rings. The molecule has 0 atom stereocenters. The number of carbonyl (C=O) groups excluding carboxylic acids is 3. The van der Waals surface area contributed by atoms with Crippen LogP contribution in [0, 0.1) is 0 Å². The van der Waals surface area contributed by atoms with E-state index in [0.29, 0.717) is 17.0 Å². The molecule has 0 radical (unpaired) electrons. The van der Waals surface area contributed by atoms with Crippen LogP contribution in [-0.2, 0) is 20.7 Å². The monoisotopic (exact) mass is 410 g/mol. The number of rotatable bonds is 8. The smallest absolute Gasteiger partial charge is 0.310 e. The van der Waals surface area contributed by atoms with Gasteiger partial charge in [-0.1, -0.05) is 37.1 Å². The van der Waals surface area contributed by atoms with E-state index < -0.39 is 18.5 Å². The molecule has 3 rings (SSSR count). The minimum Gasteiger partial charge on any atom is -0.497 e. The first-order valence-corrected chi connectivity index (χ1v) is 10.0.